The highest BCUT2D eigenvalue weighted by Crippen LogP contribution is 2.41. The van der Waals surface area contributed by atoms with E-state index in [1.165, 1.54) is 122 Å². The summed E-state index contributed by atoms with van der Waals surface area (Å²) in [5.41, 5.74) is -0.0195. The van der Waals surface area contributed by atoms with Crippen molar-refractivity contribution in [2.75, 3.05) is 0 Å². The predicted molar refractivity (Wildman–Crippen MR) is 157 cm³/mol. The lowest BCUT2D eigenvalue weighted by Gasteiger charge is -2.37. The van der Waals surface area contributed by atoms with Crippen molar-refractivity contribution in [1.29, 1.82) is 0 Å². The van der Waals surface area contributed by atoms with Crippen molar-refractivity contribution in [3.8, 4) is 0 Å². The summed E-state index contributed by atoms with van der Waals surface area (Å²) < 4.78 is 0. The Morgan fingerprint density at radius 2 is 0.892 bits per heavy atom. The van der Waals surface area contributed by atoms with Crippen molar-refractivity contribution in [2.24, 2.45) is 43.6 Å². The fourth-order valence-corrected chi connectivity index (χ4v) is 7.77. The summed E-state index contributed by atoms with van der Waals surface area (Å²) in [7, 11) is 0. The largest absolute Gasteiger partial charge is 0.222 e. The summed E-state index contributed by atoms with van der Waals surface area (Å²) in [6, 6.07) is 7.24. The molecule has 4 saturated carbocycles. The van der Waals surface area contributed by atoms with Gasteiger partial charge in [-0.3, -0.25) is 0 Å². The van der Waals surface area contributed by atoms with Gasteiger partial charge in [0.2, 0.25) is 0 Å². The van der Waals surface area contributed by atoms with Crippen LogP contribution in [0.4, 0.5) is 0 Å². The molecule has 0 N–H and O–H groups in total. The summed E-state index contributed by atoms with van der Waals surface area (Å²) in [6.45, 7) is 9.19. The van der Waals surface area contributed by atoms with E-state index in [-0.39, 0.29) is 11.1 Å². The highest BCUT2D eigenvalue weighted by molar-refractivity contribution is 5.43. The minimum Gasteiger partial charge on any atom is -0.222 e. The molecule has 4 aliphatic rings. The second-order valence-corrected chi connectivity index (χ2v) is 14.2. The number of nitrogens with zero attached hydrogens (tertiary/aromatic N) is 4. The van der Waals surface area contributed by atoms with E-state index in [2.05, 4.69) is 44.7 Å². The van der Waals surface area contributed by atoms with Crippen LogP contribution >= 0.6 is 0 Å². The molecule has 4 heteroatoms. The predicted octanol–water partition coefficient (Wildman–Crippen LogP) is 9.56. The third kappa shape index (κ3) is 8.90. The monoisotopic (exact) mass is 508 g/mol. The van der Waals surface area contributed by atoms with E-state index >= 15 is 0 Å². The fourth-order valence-electron chi connectivity index (χ4n) is 7.77. The van der Waals surface area contributed by atoms with Gasteiger partial charge in [0, 0.05) is 0 Å². The normalized spacial score (nSPS) is 30.6. The van der Waals surface area contributed by atoms with Crippen LogP contribution in [-0.4, -0.2) is 35.2 Å². The molecule has 0 aromatic carbocycles. The minimum absolute atomic E-state index is 0.00201. The molecule has 208 valence electrons. The Labute approximate surface area is 228 Å². The summed E-state index contributed by atoms with van der Waals surface area (Å²) >= 11 is 0. The molecule has 0 aromatic heterocycles. The van der Waals surface area contributed by atoms with Gasteiger partial charge in [-0.05, 0) is 122 Å². The van der Waals surface area contributed by atoms with Crippen LogP contribution in [0.5, 0.6) is 0 Å². The summed E-state index contributed by atoms with van der Waals surface area (Å²) in [4.78, 5) is 19.1. The zero-order valence-corrected chi connectivity index (χ0v) is 24.7. The Bertz CT molecular complexity index is 801. The molecule has 4 fully saturated rings. The first-order valence-electron chi connectivity index (χ1n) is 16.2. The van der Waals surface area contributed by atoms with Crippen LogP contribution in [-0.2, 0) is 0 Å². The second-order valence-electron chi connectivity index (χ2n) is 14.2. The molecule has 0 radical (unpaired) electrons. The second kappa shape index (κ2) is 13.7. The first kappa shape index (κ1) is 28.8. The molecule has 0 atom stereocenters. The SMILES string of the molecule is CC(C)(N=C=NC1CCC(CC2CCC(C(C)(C)N=C=NC3CCCCC3)CC2)CC1)C1CCCCC1. The van der Waals surface area contributed by atoms with Crippen molar-refractivity contribution in [2.45, 2.75) is 173 Å². The van der Waals surface area contributed by atoms with Gasteiger partial charge in [0.05, 0.1) is 35.2 Å². The van der Waals surface area contributed by atoms with Gasteiger partial charge in [0.1, 0.15) is 0 Å². The quantitative estimate of drug-likeness (QED) is 0.293. The Kier molecular flexibility index (Phi) is 10.7. The highest BCUT2D eigenvalue weighted by Gasteiger charge is 2.34. The summed E-state index contributed by atoms with van der Waals surface area (Å²) in [5.74, 6) is 3.20. The van der Waals surface area contributed by atoms with Crippen LogP contribution in [0, 0.1) is 23.7 Å². The van der Waals surface area contributed by atoms with E-state index in [0.29, 0.717) is 23.9 Å². The van der Waals surface area contributed by atoms with Crippen molar-refractivity contribution in [3.05, 3.63) is 0 Å². The van der Waals surface area contributed by atoms with Crippen LogP contribution in [0.3, 0.4) is 0 Å². The third-order valence-electron chi connectivity index (χ3n) is 10.7. The molecule has 0 spiro atoms. The van der Waals surface area contributed by atoms with Crippen LogP contribution in [0.1, 0.15) is 150 Å². The fraction of sp³-hybridized carbons (Fsp3) is 0.939. The zero-order chi connectivity index (χ0) is 26.1. The molecule has 0 heterocycles. The lowest BCUT2D eigenvalue weighted by Crippen LogP contribution is -2.33. The van der Waals surface area contributed by atoms with Crippen LogP contribution in [0.2, 0.25) is 0 Å². The van der Waals surface area contributed by atoms with E-state index in [4.69, 9.17) is 15.0 Å². The Hall–Kier alpha value is -1.24. The van der Waals surface area contributed by atoms with E-state index in [9.17, 15) is 0 Å². The summed E-state index contributed by atoms with van der Waals surface area (Å²) in [6.07, 6.45) is 25.2. The Balaban J connectivity index is 1.16. The molecule has 37 heavy (non-hydrogen) atoms. The van der Waals surface area contributed by atoms with Gasteiger partial charge in [-0.15, -0.1) is 0 Å². The molecule has 0 saturated heterocycles. The molecule has 0 bridgehead atoms. The minimum atomic E-state index is -0.0215. The van der Waals surface area contributed by atoms with E-state index < -0.39 is 0 Å². The standard InChI is InChI=1S/C33H56N4/c1-32(2,28-11-7-5-8-12-28)36-25-35-31-21-17-27(18-22-31)23-26-15-19-29(20-16-26)33(3,4)37-24-34-30-13-9-6-10-14-30/h26-31H,5-23H2,1-4H3. The van der Waals surface area contributed by atoms with Gasteiger partial charge in [-0.2, -0.15) is 0 Å². The Morgan fingerprint density at radius 1 is 0.486 bits per heavy atom. The molecular weight excluding hydrogens is 452 g/mol. The maximum absolute atomic E-state index is 4.85. The van der Waals surface area contributed by atoms with Gasteiger partial charge < -0.3 is 0 Å². The first-order chi connectivity index (χ1) is 17.8. The topological polar surface area (TPSA) is 49.4 Å². The van der Waals surface area contributed by atoms with Gasteiger partial charge in [0.25, 0.3) is 0 Å². The van der Waals surface area contributed by atoms with Crippen LogP contribution in [0.25, 0.3) is 0 Å². The lowest BCUT2D eigenvalue weighted by atomic mass is 9.70. The maximum Gasteiger partial charge on any atom is 0.0901 e. The lowest BCUT2D eigenvalue weighted by molar-refractivity contribution is 0.168. The van der Waals surface area contributed by atoms with Gasteiger partial charge in [-0.1, -0.05) is 51.4 Å². The highest BCUT2D eigenvalue weighted by atomic mass is 14.9. The molecule has 4 rings (SSSR count). The van der Waals surface area contributed by atoms with Gasteiger partial charge in [-0.25, -0.2) is 20.0 Å². The Morgan fingerprint density at radius 3 is 1.41 bits per heavy atom. The average molecular weight is 509 g/mol. The van der Waals surface area contributed by atoms with E-state index in [1.807, 2.05) is 0 Å². The van der Waals surface area contributed by atoms with E-state index in [0.717, 1.165) is 11.8 Å². The number of hydrogen-bond acceptors (Lipinski definition) is 4. The molecule has 0 amide bonds. The average Bonchev–Trinajstić information content (AvgIpc) is 2.91. The smallest absolute Gasteiger partial charge is 0.0901 e. The van der Waals surface area contributed by atoms with Crippen molar-refractivity contribution >= 4 is 12.0 Å². The van der Waals surface area contributed by atoms with Crippen molar-refractivity contribution in [1.82, 2.24) is 0 Å². The number of hydrogen-bond donors (Lipinski definition) is 0. The van der Waals surface area contributed by atoms with E-state index in [1.54, 1.807) is 0 Å². The molecule has 0 aliphatic heterocycles. The molecule has 4 nitrogen and oxygen atoms in total. The van der Waals surface area contributed by atoms with Crippen molar-refractivity contribution < 1.29 is 0 Å². The van der Waals surface area contributed by atoms with Crippen molar-refractivity contribution in [3.63, 3.8) is 0 Å². The molecular formula is C33H56N4. The number of rotatable bonds is 8. The van der Waals surface area contributed by atoms with Gasteiger partial charge >= 0.3 is 0 Å². The first-order valence-corrected chi connectivity index (χ1v) is 16.2. The van der Waals surface area contributed by atoms with Crippen LogP contribution in [0.15, 0.2) is 20.0 Å². The maximum atomic E-state index is 4.85. The van der Waals surface area contributed by atoms with Gasteiger partial charge in [0.15, 0.2) is 0 Å². The molecule has 4 aliphatic carbocycles. The summed E-state index contributed by atoms with van der Waals surface area (Å²) in [5, 5.41) is 0. The zero-order valence-electron chi connectivity index (χ0n) is 24.7. The molecule has 0 unspecified atom stereocenters. The third-order valence-corrected chi connectivity index (χ3v) is 10.7. The van der Waals surface area contributed by atoms with Crippen LogP contribution < -0.4 is 0 Å². The number of aliphatic imine (C=N–C) groups is 4. The molecule has 0 aromatic rings.